The fraction of sp³-hybridized carbons (Fsp3) is 0.286. The Morgan fingerprint density at radius 3 is 2.15 bits per heavy atom. The van der Waals surface area contributed by atoms with Crippen molar-refractivity contribution in [1.29, 1.82) is 0 Å². The number of hydrogen-bond donors (Lipinski definition) is 1. The molecule has 3 aromatic rings. The third-order valence-electron chi connectivity index (χ3n) is 6.31. The fourth-order valence-corrected chi connectivity index (χ4v) is 4.42. The highest BCUT2D eigenvalue weighted by molar-refractivity contribution is 6.30. The number of nitrogens with zero attached hydrogens (tertiary/aromatic N) is 2. The van der Waals surface area contributed by atoms with Crippen LogP contribution in [0.3, 0.4) is 0 Å². The molecule has 1 aliphatic heterocycles. The number of para-hydroxylation sites is 1. The molecule has 0 atom stereocenters. The maximum Gasteiger partial charge on any atom is 0.258 e. The lowest BCUT2D eigenvalue weighted by Gasteiger charge is -2.33. The van der Waals surface area contributed by atoms with E-state index in [1.807, 2.05) is 65.6 Å². The summed E-state index contributed by atoms with van der Waals surface area (Å²) in [6, 6.07) is 26.7. The van der Waals surface area contributed by atoms with Crippen molar-refractivity contribution < 1.29 is 9.59 Å². The summed E-state index contributed by atoms with van der Waals surface area (Å²) in [5, 5.41) is 3.68. The number of anilines is 1. The van der Waals surface area contributed by atoms with Crippen LogP contribution in [0.1, 0.15) is 28.8 Å². The maximum atomic E-state index is 13.3. The smallest absolute Gasteiger partial charge is 0.258 e. The summed E-state index contributed by atoms with van der Waals surface area (Å²) in [4.78, 5) is 30.0. The number of carbonyl (C=O) groups is 2. The minimum Gasteiger partial charge on any atom is -0.352 e. The van der Waals surface area contributed by atoms with Crippen molar-refractivity contribution in [2.75, 3.05) is 31.1 Å². The molecule has 1 saturated heterocycles. The van der Waals surface area contributed by atoms with Gasteiger partial charge in [0.1, 0.15) is 0 Å². The summed E-state index contributed by atoms with van der Waals surface area (Å²) in [7, 11) is 0. The van der Waals surface area contributed by atoms with E-state index in [9.17, 15) is 9.59 Å². The fourth-order valence-electron chi connectivity index (χ4n) is 4.29. The number of rotatable bonds is 8. The standard InChI is InChI=1S/C28H30ClN3O2/c29-25-13-11-24(12-14-25)28(34)32(26-9-5-2-6-10-26)20-19-31-17-15-23(16-18-31)27(33)30-21-22-7-3-1-4-8-22/h1-14,23H,15-21H2,(H,30,33). The minimum absolute atomic E-state index is 0.0425. The summed E-state index contributed by atoms with van der Waals surface area (Å²) in [5.74, 6) is 0.131. The average Bonchev–Trinajstić information content (AvgIpc) is 2.89. The molecule has 3 aromatic carbocycles. The van der Waals surface area contributed by atoms with Gasteiger partial charge in [0.25, 0.3) is 5.91 Å². The molecule has 5 nitrogen and oxygen atoms in total. The highest BCUT2D eigenvalue weighted by Gasteiger charge is 2.26. The summed E-state index contributed by atoms with van der Waals surface area (Å²) >= 11 is 6.00. The largest absolute Gasteiger partial charge is 0.352 e. The summed E-state index contributed by atoms with van der Waals surface area (Å²) < 4.78 is 0. The second-order valence-corrected chi connectivity index (χ2v) is 9.05. The highest BCUT2D eigenvalue weighted by atomic mass is 35.5. The lowest BCUT2D eigenvalue weighted by molar-refractivity contribution is -0.126. The first-order chi connectivity index (χ1) is 16.6. The molecule has 1 heterocycles. The summed E-state index contributed by atoms with van der Waals surface area (Å²) in [5.41, 5.74) is 2.60. The Morgan fingerprint density at radius 1 is 0.882 bits per heavy atom. The molecule has 34 heavy (non-hydrogen) atoms. The Balaban J connectivity index is 1.30. The molecule has 0 aliphatic carbocycles. The minimum atomic E-state index is -0.0435. The monoisotopic (exact) mass is 475 g/mol. The van der Waals surface area contributed by atoms with Gasteiger partial charge < -0.3 is 15.1 Å². The van der Waals surface area contributed by atoms with Crippen LogP contribution in [-0.4, -0.2) is 42.9 Å². The quantitative estimate of drug-likeness (QED) is 0.498. The Hall–Kier alpha value is -3.15. The van der Waals surface area contributed by atoms with Crippen molar-refractivity contribution in [3.05, 3.63) is 101 Å². The van der Waals surface area contributed by atoms with Crippen molar-refractivity contribution in [1.82, 2.24) is 10.2 Å². The maximum absolute atomic E-state index is 13.3. The van der Waals surface area contributed by atoms with Gasteiger partial charge in [0.15, 0.2) is 0 Å². The molecule has 1 aliphatic rings. The second kappa shape index (κ2) is 11.8. The SMILES string of the molecule is O=C(NCc1ccccc1)C1CCN(CCN(C(=O)c2ccc(Cl)cc2)c2ccccc2)CC1. The molecule has 1 fully saturated rings. The van der Waals surface area contributed by atoms with Gasteiger partial charge in [-0.15, -0.1) is 0 Å². The normalized spacial score (nSPS) is 14.5. The third kappa shape index (κ3) is 6.46. The molecule has 0 aromatic heterocycles. The third-order valence-corrected chi connectivity index (χ3v) is 6.56. The summed E-state index contributed by atoms with van der Waals surface area (Å²) in [6.45, 7) is 3.60. The lowest BCUT2D eigenvalue weighted by atomic mass is 9.96. The molecule has 0 spiro atoms. The van der Waals surface area contributed by atoms with Gasteiger partial charge in [0, 0.05) is 41.8 Å². The molecule has 0 unspecified atom stereocenters. The van der Waals surface area contributed by atoms with Crippen LogP contribution in [0, 0.1) is 5.92 Å². The van der Waals surface area contributed by atoms with Gasteiger partial charge in [0.2, 0.25) is 5.91 Å². The van der Waals surface area contributed by atoms with Crippen molar-refractivity contribution in [2.24, 2.45) is 5.92 Å². The Kier molecular flexibility index (Phi) is 8.34. The number of hydrogen-bond acceptors (Lipinski definition) is 3. The van der Waals surface area contributed by atoms with Crippen molar-refractivity contribution in [2.45, 2.75) is 19.4 Å². The number of halogens is 1. The van der Waals surface area contributed by atoms with E-state index in [4.69, 9.17) is 11.6 Å². The Bertz CT molecular complexity index is 1070. The number of piperidine rings is 1. The molecule has 0 bridgehead atoms. The van der Waals surface area contributed by atoms with E-state index in [0.717, 1.165) is 43.7 Å². The number of nitrogens with one attached hydrogen (secondary N) is 1. The predicted molar refractivity (Wildman–Crippen MR) is 137 cm³/mol. The van der Waals surface area contributed by atoms with Crippen molar-refractivity contribution >= 4 is 29.1 Å². The van der Waals surface area contributed by atoms with Crippen LogP contribution in [0.4, 0.5) is 5.69 Å². The van der Waals surface area contributed by atoms with E-state index in [1.54, 1.807) is 24.3 Å². The van der Waals surface area contributed by atoms with E-state index >= 15 is 0 Å². The van der Waals surface area contributed by atoms with Crippen molar-refractivity contribution in [3.8, 4) is 0 Å². The van der Waals surface area contributed by atoms with E-state index in [1.165, 1.54) is 0 Å². The van der Waals surface area contributed by atoms with E-state index in [-0.39, 0.29) is 17.7 Å². The van der Waals surface area contributed by atoms with Gasteiger partial charge in [-0.05, 0) is 67.9 Å². The van der Waals surface area contributed by atoms with Crippen LogP contribution < -0.4 is 10.2 Å². The predicted octanol–water partition coefficient (Wildman–Crippen LogP) is 5.02. The summed E-state index contributed by atoms with van der Waals surface area (Å²) in [6.07, 6.45) is 1.66. The topological polar surface area (TPSA) is 52.7 Å². The van der Waals surface area contributed by atoms with Crippen LogP contribution in [0.5, 0.6) is 0 Å². The number of amides is 2. The van der Waals surface area contributed by atoms with Crippen LogP contribution in [-0.2, 0) is 11.3 Å². The van der Waals surface area contributed by atoms with Crippen molar-refractivity contribution in [3.63, 3.8) is 0 Å². The number of benzene rings is 3. The Morgan fingerprint density at radius 2 is 1.50 bits per heavy atom. The Labute approximate surface area is 206 Å². The molecule has 4 rings (SSSR count). The van der Waals surface area contributed by atoms with Crippen LogP contribution in [0.25, 0.3) is 0 Å². The van der Waals surface area contributed by atoms with Gasteiger partial charge >= 0.3 is 0 Å². The molecular formula is C28H30ClN3O2. The highest BCUT2D eigenvalue weighted by Crippen LogP contribution is 2.21. The average molecular weight is 476 g/mol. The first kappa shape index (κ1) is 24.0. The zero-order valence-electron chi connectivity index (χ0n) is 19.2. The molecule has 176 valence electrons. The zero-order valence-corrected chi connectivity index (χ0v) is 20.0. The van der Waals surface area contributed by atoms with Gasteiger partial charge in [-0.3, -0.25) is 9.59 Å². The van der Waals surface area contributed by atoms with Gasteiger partial charge in [-0.2, -0.15) is 0 Å². The molecule has 2 amide bonds. The first-order valence-corrected chi connectivity index (χ1v) is 12.1. The first-order valence-electron chi connectivity index (χ1n) is 11.8. The van der Waals surface area contributed by atoms with E-state index in [2.05, 4.69) is 10.2 Å². The number of carbonyl (C=O) groups excluding carboxylic acids is 2. The van der Waals surface area contributed by atoms with Crippen LogP contribution in [0.2, 0.25) is 5.02 Å². The van der Waals surface area contributed by atoms with Crippen LogP contribution >= 0.6 is 11.6 Å². The van der Waals surface area contributed by atoms with Gasteiger partial charge in [-0.25, -0.2) is 0 Å². The zero-order chi connectivity index (χ0) is 23.8. The molecule has 0 radical (unpaired) electrons. The molecule has 1 N–H and O–H groups in total. The lowest BCUT2D eigenvalue weighted by Crippen LogP contribution is -2.44. The van der Waals surface area contributed by atoms with Crippen LogP contribution in [0.15, 0.2) is 84.9 Å². The second-order valence-electron chi connectivity index (χ2n) is 8.62. The number of likely N-dealkylation sites (tertiary alicyclic amines) is 1. The molecule has 0 saturated carbocycles. The van der Waals surface area contributed by atoms with Gasteiger partial charge in [-0.1, -0.05) is 60.1 Å². The van der Waals surface area contributed by atoms with Gasteiger partial charge in [0.05, 0.1) is 0 Å². The molecule has 6 heteroatoms. The van der Waals surface area contributed by atoms with E-state index in [0.29, 0.717) is 23.7 Å². The molecular weight excluding hydrogens is 446 g/mol. The van der Waals surface area contributed by atoms with E-state index < -0.39 is 0 Å².